The van der Waals surface area contributed by atoms with Crippen molar-refractivity contribution in [3.05, 3.63) is 136 Å². The first-order valence-electron chi connectivity index (χ1n) is 18.9. The van der Waals surface area contributed by atoms with Crippen LogP contribution < -0.4 is 10.7 Å². The summed E-state index contributed by atoms with van der Waals surface area (Å²) in [5.41, 5.74) is 1.87. The topological polar surface area (TPSA) is 15.9 Å². The number of aromatic nitrogens is 2. The lowest BCUT2D eigenvalue weighted by molar-refractivity contribution is -0.834. The molecule has 0 saturated carbocycles. The Balaban J connectivity index is 1.39. The van der Waals surface area contributed by atoms with Crippen molar-refractivity contribution in [2.24, 2.45) is 0 Å². The summed E-state index contributed by atoms with van der Waals surface area (Å²) >= 11 is 5.78. The van der Waals surface area contributed by atoms with Crippen molar-refractivity contribution >= 4 is 90.2 Å². The van der Waals surface area contributed by atoms with Gasteiger partial charge in [0, 0.05) is 73.4 Å². The number of allylic oxidation sites excluding steroid dienone is 6. The molecule has 0 aliphatic carbocycles. The second-order valence-corrected chi connectivity index (χ2v) is 20.9. The fourth-order valence-electron chi connectivity index (χ4n) is 10.2. The first-order valence-corrected chi connectivity index (χ1v) is 22.2. The molecule has 6 aromatic rings. The third-order valence-corrected chi connectivity index (χ3v) is 16.4. The second kappa shape index (κ2) is 11.2. The van der Waals surface area contributed by atoms with E-state index in [0.29, 0.717) is 32.3 Å². The number of nitrogens with zero attached hydrogens (tertiary/aromatic N) is 4. The quantitative estimate of drug-likeness (QED) is 0.124. The molecule has 0 radical (unpaired) electrons. The molecule has 4 nitrogen and oxygen atoms in total. The molecule has 14 heteroatoms. The van der Waals surface area contributed by atoms with Crippen molar-refractivity contribution in [1.29, 1.82) is 0 Å². The summed E-state index contributed by atoms with van der Waals surface area (Å²) in [6.07, 6.45) is -6.45. The Morgan fingerprint density at radius 3 is 1.64 bits per heavy atom. The van der Waals surface area contributed by atoms with Crippen LogP contribution in [-0.2, 0) is 5.91 Å². The van der Waals surface area contributed by atoms with Gasteiger partial charge in [-0.15, -0.1) is 45.3 Å². The maximum atomic E-state index is 16.4. The monoisotopic (exact) mass is 868 g/mol. The maximum Gasteiger partial charge on any atom is 0.553 e. The Bertz CT molecular complexity index is 3370. The molecule has 6 aromatic heterocycles. The minimum Gasteiger partial charge on any atom is -0.198 e. The van der Waals surface area contributed by atoms with Gasteiger partial charge in [-0.2, -0.15) is 35.5 Å². The lowest BCUT2D eigenvalue weighted by Crippen LogP contribution is -2.71. The number of hydrogen-bond donors (Lipinski definition) is 0. The van der Waals surface area contributed by atoms with Crippen LogP contribution in [0.15, 0.2) is 84.2 Å². The molecule has 0 N–H and O–H groups in total. The zero-order valence-corrected chi connectivity index (χ0v) is 35.4. The standard InChI is InChI=1S/C45H30F6N4S4/c1-19-7-11-33(56-19)25-15-29-23(5)40-26(34-12-8-20(2)57-34)17-31-37(43(46,47)48)42-28(36-14-10-22(4)59-36)18-32-38(44(49,50)51)41-27(35-13-9-21(3)58-35)16-30-24(6)39(25)52(29)45(53(30)41,54(31)40)55(32)42/h7-18H,1-6H3/q+2. The third kappa shape index (κ3) is 4.30. The molecule has 0 bridgehead atoms. The van der Waals surface area contributed by atoms with Crippen LogP contribution >= 0.6 is 45.3 Å². The van der Waals surface area contributed by atoms with Gasteiger partial charge in [-0.25, -0.2) is 0 Å². The van der Waals surface area contributed by atoms with Crippen LogP contribution in [0.3, 0.4) is 0 Å². The second-order valence-electron chi connectivity index (χ2n) is 15.7. The summed E-state index contributed by atoms with van der Waals surface area (Å²) in [5, 5.41) is 1.49. The molecular weight excluding hydrogens is 839 g/mol. The fraction of sp³-hybridized carbons (Fsp3) is 0.200. The van der Waals surface area contributed by atoms with Gasteiger partial charge in [0.25, 0.3) is 0 Å². The minimum absolute atomic E-state index is 0.0629. The van der Waals surface area contributed by atoms with E-state index in [1.807, 2.05) is 78.0 Å². The molecular formula is C45H30F6N4S4+2. The van der Waals surface area contributed by atoms with E-state index in [2.05, 4.69) is 16.7 Å². The van der Waals surface area contributed by atoms with Crippen LogP contribution in [0.25, 0.3) is 54.3 Å². The van der Waals surface area contributed by atoms with E-state index in [9.17, 15) is 0 Å². The third-order valence-electron chi connectivity index (χ3n) is 12.3. The number of hydrogen-bond acceptors (Lipinski definition) is 4. The van der Waals surface area contributed by atoms with E-state index in [0.717, 1.165) is 56.7 Å². The van der Waals surface area contributed by atoms with E-state index in [1.54, 1.807) is 38.7 Å². The van der Waals surface area contributed by atoms with Gasteiger partial charge in [-0.3, -0.25) is 0 Å². The Morgan fingerprint density at radius 2 is 1.10 bits per heavy atom. The Hall–Kier alpha value is -5.02. The summed E-state index contributed by atoms with van der Waals surface area (Å²) < 4.78 is 105. The molecule has 1 atom stereocenters. The van der Waals surface area contributed by atoms with Crippen molar-refractivity contribution in [3.8, 4) is 20.9 Å². The van der Waals surface area contributed by atoms with E-state index >= 15 is 26.3 Å². The maximum absolute atomic E-state index is 16.4. The molecule has 59 heavy (non-hydrogen) atoms. The van der Waals surface area contributed by atoms with Gasteiger partial charge in [0.2, 0.25) is 22.8 Å². The van der Waals surface area contributed by atoms with Gasteiger partial charge in [-0.1, -0.05) is 9.15 Å². The van der Waals surface area contributed by atoms with Crippen LogP contribution in [0.4, 0.5) is 26.3 Å². The largest absolute Gasteiger partial charge is 0.553 e. The van der Waals surface area contributed by atoms with Crippen LogP contribution in [0.5, 0.6) is 0 Å². The van der Waals surface area contributed by atoms with Crippen molar-refractivity contribution in [2.45, 2.75) is 59.8 Å². The van der Waals surface area contributed by atoms with Crippen molar-refractivity contribution in [2.75, 3.05) is 0 Å². The molecule has 0 aromatic carbocycles. The molecule has 0 fully saturated rings. The summed E-state index contributed by atoms with van der Waals surface area (Å²) in [4.78, 5) is 6.71. The zero-order valence-electron chi connectivity index (χ0n) is 32.1. The van der Waals surface area contributed by atoms with E-state index in [1.165, 1.54) is 44.6 Å². The number of rotatable bonds is 4. The van der Waals surface area contributed by atoms with E-state index in [-0.39, 0.29) is 28.3 Å². The number of alkyl halides is 6. The Morgan fingerprint density at radius 1 is 0.559 bits per heavy atom. The Labute approximate surface area is 349 Å². The SMILES string of the molecule is CC1=c2cc(-c3ccc(C)s3)c3n2C24n5c(cc(-c6ccc(C)s6)c5C(C(F)(F)F)=C5C=C(c6ccc(C)s6)C1=[N+]52)C(C(F)(F)F)=C1C(c2ccc(C)s2)=CC(=[N+]14)C=3C. The van der Waals surface area contributed by atoms with Crippen molar-refractivity contribution in [1.82, 2.24) is 9.13 Å². The summed E-state index contributed by atoms with van der Waals surface area (Å²) in [6.45, 7) is 11.6. The molecule has 12 heterocycles. The first-order chi connectivity index (χ1) is 28.0. The molecule has 1 spiro atoms. The van der Waals surface area contributed by atoms with Gasteiger partial charge in [0.15, 0.2) is 11.1 Å². The van der Waals surface area contributed by atoms with Crippen LogP contribution in [0.2, 0.25) is 0 Å². The molecule has 0 saturated heterocycles. The van der Waals surface area contributed by atoms with Gasteiger partial charge >= 0.3 is 18.3 Å². The zero-order chi connectivity index (χ0) is 41.0. The number of aryl methyl sites for hydroxylation is 4. The van der Waals surface area contributed by atoms with Gasteiger partial charge in [0.05, 0.1) is 33.2 Å². The molecule has 6 aliphatic rings. The highest BCUT2D eigenvalue weighted by atomic mass is 32.1. The van der Waals surface area contributed by atoms with Crippen molar-refractivity contribution < 1.29 is 35.5 Å². The predicted octanol–water partition coefficient (Wildman–Crippen LogP) is 11.3. The number of halogens is 6. The van der Waals surface area contributed by atoms with Crippen LogP contribution in [0, 0.1) is 27.7 Å². The lowest BCUT2D eigenvalue weighted by Gasteiger charge is -2.41. The van der Waals surface area contributed by atoms with Gasteiger partial charge < -0.3 is 0 Å². The average molecular weight is 869 g/mol. The highest BCUT2D eigenvalue weighted by Crippen LogP contribution is 2.61. The Kier molecular flexibility index (Phi) is 6.82. The average Bonchev–Trinajstić information content (AvgIpc) is 4.00. The smallest absolute Gasteiger partial charge is 0.198 e. The van der Waals surface area contributed by atoms with Gasteiger partial charge in [0.1, 0.15) is 0 Å². The molecule has 1 unspecified atom stereocenters. The predicted molar refractivity (Wildman–Crippen MR) is 226 cm³/mol. The minimum atomic E-state index is -4.96. The number of thiophene rings is 4. The van der Waals surface area contributed by atoms with Crippen LogP contribution in [-0.4, -0.2) is 42.1 Å². The fourth-order valence-corrected chi connectivity index (χ4v) is 13.7. The highest BCUT2D eigenvalue weighted by Gasteiger charge is 2.77. The lowest BCUT2D eigenvalue weighted by atomic mass is 9.97. The molecule has 6 aliphatic heterocycles. The molecule has 0 amide bonds. The van der Waals surface area contributed by atoms with E-state index < -0.39 is 29.4 Å². The normalized spacial score (nSPS) is 20.1. The molecule has 294 valence electrons. The first kappa shape index (κ1) is 35.9. The van der Waals surface area contributed by atoms with Crippen molar-refractivity contribution in [3.63, 3.8) is 0 Å². The van der Waals surface area contributed by atoms with Gasteiger partial charge in [-0.05, 0) is 102 Å². The summed E-state index contributed by atoms with van der Waals surface area (Å²) in [6, 6.07) is 18.7. The summed E-state index contributed by atoms with van der Waals surface area (Å²) in [5.74, 6) is -1.81. The highest BCUT2D eigenvalue weighted by molar-refractivity contribution is 7.16. The molecule has 12 rings (SSSR count). The van der Waals surface area contributed by atoms with E-state index in [4.69, 9.17) is 0 Å². The summed E-state index contributed by atoms with van der Waals surface area (Å²) in [7, 11) is 0. The van der Waals surface area contributed by atoms with Crippen LogP contribution in [0.1, 0.15) is 54.5 Å².